The van der Waals surface area contributed by atoms with E-state index in [0.717, 1.165) is 14.2 Å². The van der Waals surface area contributed by atoms with Crippen LogP contribution in [0.2, 0.25) is 0 Å². The third kappa shape index (κ3) is 2.99. The van der Waals surface area contributed by atoms with E-state index >= 15 is 0 Å². The molecule has 86 valence electrons. The largest absolute Gasteiger partial charge is 0.394 e. The summed E-state index contributed by atoms with van der Waals surface area (Å²) in [7, 11) is -1.79. The predicted octanol–water partition coefficient (Wildman–Crippen LogP) is -1.50. The van der Waals surface area contributed by atoms with E-state index in [1.165, 1.54) is 0 Å². The minimum absolute atomic E-state index is 0.772. The summed E-state index contributed by atoms with van der Waals surface area (Å²) in [4.78, 5) is 0. The molecular formula is C6H15O7P. The Morgan fingerprint density at radius 3 is 1.93 bits per heavy atom. The molecule has 0 saturated carbocycles. The molecule has 0 radical (unpaired) electrons. The number of aliphatic hydroxyl groups excluding tert-OH is 4. The molecular weight excluding hydrogens is 215 g/mol. The Labute approximate surface area is 81.4 Å². The van der Waals surface area contributed by atoms with Gasteiger partial charge in [-0.2, -0.15) is 0 Å². The van der Waals surface area contributed by atoms with Crippen LogP contribution in [0.4, 0.5) is 0 Å². The van der Waals surface area contributed by atoms with E-state index in [-0.39, 0.29) is 0 Å². The van der Waals surface area contributed by atoms with E-state index in [0.29, 0.717) is 0 Å². The van der Waals surface area contributed by atoms with Crippen molar-refractivity contribution in [3.05, 3.63) is 0 Å². The fraction of sp³-hybridized carbons (Fsp3) is 1.00. The maximum absolute atomic E-state index is 11.5. The molecule has 0 aliphatic heterocycles. The van der Waals surface area contributed by atoms with Gasteiger partial charge in [0, 0.05) is 14.2 Å². The number of hydrogen-bond donors (Lipinski definition) is 4. The second-order valence-corrected chi connectivity index (χ2v) is 4.90. The Hall–Kier alpha value is -0.0100. The molecule has 0 spiro atoms. The number of hydrogen-bond acceptors (Lipinski definition) is 7. The van der Waals surface area contributed by atoms with Crippen molar-refractivity contribution in [1.29, 1.82) is 0 Å². The molecule has 0 unspecified atom stereocenters. The SMILES string of the molecule is COP(=O)(OC)[C@@H](O)[C@@H](O)[C@H](O)CO. The molecule has 0 aromatic heterocycles. The zero-order chi connectivity index (χ0) is 11.4. The summed E-state index contributed by atoms with van der Waals surface area (Å²) in [6, 6.07) is 0. The van der Waals surface area contributed by atoms with Gasteiger partial charge in [0.25, 0.3) is 0 Å². The third-order valence-electron chi connectivity index (χ3n) is 1.72. The first-order valence-electron chi connectivity index (χ1n) is 3.79. The van der Waals surface area contributed by atoms with Crippen molar-refractivity contribution in [2.45, 2.75) is 18.1 Å². The summed E-state index contributed by atoms with van der Waals surface area (Å²) in [5.41, 5.74) is 0. The second kappa shape index (κ2) is 5.77. The van der Waals surface area contributed by atoms with Crippen molar-refractivity contribution in [2.75, 3.05) is 20.8 Å². The normalized spacial score (nSPS) is 19.0. The fourth-order valence-corrected chi connectivity index (χ4v) is 1.94. The number of aliphatic hydroxyl groups is 4. The van der Waals surface area contributed by atoms with Crippen molar-refractivity contribution >= 4 is 7.60 Å². The molecule has 8 heteroatoms. The molecule has 0 aromatic rings. The van der Waals surface area contributed by atoms with Crippen LogP contribution < -0.4 is 0 Å². The van der Waals surface area contributed by atoms with Gasteiger partial charge in [-0.25, -0.2) is 0 Å². The minimum atomic E-state index is -3.86. The van der Waals surface area contributed by atoms with Crippen LogP contribution in [-0.4, -0.2) is 59.3 Å². The average Bonchev–Trinajstić information content (AvgIpc) is 2.24. The Morgan fingerprint density at radius 1 is 1.21 bits per heavy atom. The van der Waals surface area contributed by atoms with Crippen LogP contribution in [0.5, 0.6) is 0 Å². The van der Waals surface area contributed by atoms with Gasteiger partial charge < -0.3 is 29.5 Å². The van der Waals surface area contributed by atoms with Gasteiger partial charge in [-0.15, -0.1) is 0 Å². The summed E-state index contributed by atoms with van der Waals surface area (Å²) in [5, 5.41) is 35.9. The van der Waals surface area contributed by atoms with E-state index in [1.54, 1.807) is 0 Å². The van der Waals surface area contributed by atoms with Crippen LogP contribution in [-0.2, 0) is 13.6 Å². The molecule has 0 bridgehead atoms. The topological polar surface area (TPSA) is 116 Å². The first-order valence-corrected chi connectivity index (χ1v) is 5.40. The highest BCUT2D eigenvalue weighted by Crippen LogP contribution is 2.51. The van der Waals surface area contributed by atoms with Crippen LogP contribution in [0, 0.1) is 0 Å². The molecule has 0 aromatic carbocycles. The van der Waals surface area contributed by atoms with Crippen LogP contribution in [0.25, 0.3) is 0 Å². The standard InChI is InChI=1S/C6H15O7P/c1-12-14(11,13-2)6(10)5(9)4(8)3-7/h4-10H,3H2,1-2H3/t4-,5+,6-/m1/s1. The van der Waals surface area contributed by atoms with E-state index in [1.807, 2.05) is 0 Å². The number of rotatable bonds is 6. The van der Waals surface area contributed by atoms with E-state index < -0.39 is 32.3 Å². The summed E-state index contributed by atoms with van der Waals surface area (Å²) in [5.74, 6) is -1.90. The molecule has 4 N–H and O–H groups in total. The minimum Gasteiger partial charge on any atom is -0.394 e. The summed E-state index contributed by atoms with van der Waals surface area (Å²) in [6.45, 7) is -0.772. The van der Waals surface area contributed by atoms with Gasteiger partial charge in [0.15, 0.2) is 5.85 Å². The van der Waals surface area contributed by atoms with E-state index in [4.69, 9.17) is 10.2 Å². The highest BCUT2D eigenvalue weighted by atomic mass is 31.2. The Balaban J connectivity index is 4.58. The molecule has 14 heavy (non-hydrogen) atoms. The molecule has 0 amide bonds. The van der Waals surface area contributed by atoms with Crippen LogP contribution in [0.15, 0.2) is 0 Å². The highest BCUT2D eigenvalue weighted by Gasteiger charge is 2.40. The van der Waals surface area contributed by atoms with E-state index in [9.17, 15) is 14.8 Å². The predicted molar refractivity (Wildman–Crippen MR) is 46.7 cm³/mol. The lowest BCUT2D eigenvalue weighted by Gasteiger charge is -2.25. The quantitative estimate of drug-likeness (QED) is 0.410. The second-order valence-electron chi connectivity index (χ2n) is 2.56. The van der Waals surface area contributed by atoms with Gasteiger partial charge in [0.1, 0.15) is 12.2 Å². The fourth-order valence-electron chi connectivity index (χ4n) is 0.784. The van der Waals surface area contributed by atoms with Crippen molar-refractivity contribution in [2.24, 2.45) is 0 Å². The van der Waals surface area contributed by atoms with Crippen LogP contribution >= 0.6 is 7.60 Å². The van der Waals surface area contributed by atoms with Gasteiger partial charge in [-0.05, 0) is 0 Å². The summed E-state index contributed by atoms with van der Waals surface area (Å²) < 4.78 is 20.3. The molecule has 0 aliphatic carbocycles. The van der Waals surface area contributed by atoms with E-state index in [2.05, 4.69) is 9.05 Å². The van der Waals surface area contributed by atoms with Gasteiger partial charge >= 0.3 is 7.60 Å². The molecule has 0 fully saturated rings. The lowest BCUT2D eigenvalue weighted by Crippen LogP contribution is -2.39. The van der Waals surface area contributed by atoms with Crippen molar-refractivity contribution < 1.29 is 34.0 Å². The van der Waals surface area contributed by atoms with Crippen molar-refractivity contribution in [1.82, 2.24) is 0 Å². The highest BCUT2D eigenvalue weighted by molar-refractivity contribution is 7.54. The Bertz CT molecular complexity index is 200. The zero-order valence-electron chi connectivity index (χ0n) is 7.90. The van der Waals surface area contributed by atoms with Gasteiger partial charge in [0.2, 0.25) is 0 Å². The first-order chi connectivity index (χ1) is 6.42. The summed E-state index contributed by atoms with van der Waals surface area (Å²) >= 11 is 0. The third-order valence-corrected chi connectivity index (χ3v) is 3.69. The summed E-state index contributed by atoms with van der Waals surface area (Å²) in [6.07, 6.45) is -3.41. The molecule has 0 saturated heterocycles. The van der Waals surface area contributed by atoms with Gasteiger partial charge in [0.05, 0.1) is 6.61 Å². The first kappa shape index (κ1) is 14.0. The Kier molecular flexibility index (Phi) is 5.77. The van der Waals surface area contributed by atoms with Crippen molar-refractivity contribution in [3.8, 4) is 0 Å². The molecule has 0 rings (SSSR count). The van der Waals surface area contributed by atoms with Gasteiger partial charge in [-0.3, -0.25) is 4.57 Å². The molecule has 3 atom stereocenters. The molecule has 7 nitrogen and oxygen atoms in total. The maximum atomic E-state index is 11.5. The monoisotopic (exact) mass is 230 g/mol. The molecule has 0 aliphatic rings. The molecule has 0 heterocycles. The smallest absolute Gasteiger partial charge is 0.361 e. The maximum Gasteiger partial charge on any atom is 0.361 e. The zero-order valence-corrected chi connectivity index (χ0v) is 8.79. The lowest BCUT2D eigenvalue weighted by atomic mass is 10.2. The van der Waals surface area contributed by atoms with Gasteiger partial charge in [-0.1, -0.05) is 0 Å². The average molecular weight is 230 g/mol. The Morgan fingerprint density at radius 2 is 1.64 bits per heavy atom. The van der Waals surface area contributed by atoms with Crippen molar-refractivity contribution in [3.63, 3.8) is 0 Å². The lowest BCUT2D eigenvalue weighted by molar-refractivity contribution is -0.0587. The van der Waals surface area contributed by atoms with Crippen LogP contribution in [0.3, 0.4) is 0 Å². The van der Waals surface area contributed by atoms with Crippen LogP contribution in [0.1, 0.15) is 0 Å².